The number of para-hydroxylation sites is 1. The van der Waals surface area contributed by atoms with E-state index in [1.54, 1.807) is 34.8 Å². The molecule has 3 aromatic heterocycles. The number of carbonyl (C=O) groups excluding carboxylic acids is 2. The van der Waals surface area contributed by atoms with Crippen LogP contribution in [0.4, 0.5) is 0 Å². The van der Waals surface area contributed by atoms with Crippen LogP contribution in [0.3, 0.4) is 0 Å². The predicted molar refractivity (Wildman–Crippen MR) is 112 cm³/mol. The number of nitrogens with zero attached hydrogens (tertiary/aromatic N) is 6. The maximum atomic E-state index is 13.1. The zero-order chi connectivity index (χ0) is 21.5. The zero-order valence-corrected chi connectivity index (χ0v) is 17.3. The second-order valence-electron chi connectivity index (χ2n) is 7.82. The molecule has 10 nitrogen and oxygen atoms in total. The molecular weight excluding hydrogens is 396 g/mol. The fourth-order valence-corrected chi connectivity index (χ4v) is 3.97. The van der Waals surface area contributed by atoms with Gasteiger partial charge in [-0.3, -0.25) is 19.4 Å². The molecule has 0 spiro atoms. The van der Waals surface area contributed by atoms with Gasteiger partial charge in [0.2, 0.25) is 0 Å². The molecule has 2 N–H and O–H groups in total. The molecule has 0 unspecified atom stereocenters. The van der Waals surface area contributed by atoms with Gasteiger partial charge in [0, 0.05) is 55.4 Å². The number of hydrogen-bond donors (Lipinski definition) is 2. The molecule has 2 amide bonds. The van der Waals surface area contributed by atoms with Crippen LogP contribution in [-0.4, -0.2) is 65.4 Å². The number of aromatic amines is 2. The molecule has 0 saturated carbocycles. The third kappa shape index (κ3) is 3.45. The van der Waals surface area contributed by atoms with E-state index < -0.39 is 0 Å². The number of H-pyrrole nitrogens is 2. The highest BCUT2D eigenvalue weighted by Gasteiger charge is 2.30. The fourth-order valence-electron chi connectivity index (χ4n) is 3.97. The van der Waals surface area contributed by atoms with Crippen molar-refractivity contribution >= 4 is 22.7 Å². The first-order valence-electron chi connectivity index (χ1n) is 10.0. The summed E-state index contributed by atoms with van der Waals surface area (Å²) < 4.78 is 1.59. The molecule has 0 bridgehead atoms. The Balaban J connectivity index is 1.35. The minimum absolute atomic E-state index is 0.0886. The van der Waals surface area contributed by atoms with Crippen LogP contribution in [-0.2, 0) is 26.6 Å². The average molecular weight is 418 g/mol. The van der Waals surface area contributed by atoms with Crippen molar-refractivity contribution in [1.82, 2.24) is 40.0 Å². The molecule has 1 aromatic carbocycles. The van der Waals surface area contributed by atoms with Crippen LogP contribution in [0.25, 0.3) is 10.9 Å². The van der Waals surface area contributed by atoms with Crippen LogP contribution >= 0.6 is 0 Å². The molecule has 0 aliphatic carbocycles. The molecule has 0 radical (unpaired) electrons. The second kappa shape index (κ2) is 7.38. The quantitative estimate of drug-likeness (QED) is 0.521. The summed E-state index contributed by atoms with van der Waals surface area (Å²) in [6.45, 7) is 1.22. The maximum absolute atomic E-state index is 13.1. The van der Waals surface area contributed by atoms with E-state index in [-0.39, 0.29) is 11.8 Å². The number of benzene rings is 1. The van der Waals surface area contributed by atoms with Gasteiger partial charge in [-0.05, 0) is 12.1 Å². The molecular formula is C21H22N8O2. The Hall–Kier alpha value is -3.95. The Labute approximate surface area is 177 Å². The Morgan fingerprint density at radius 2 is 2.10 bits per heavy atom. The van der Waals surface area contributed by atoms with Crippen LogP contribution in [0.2, 0.25) is 0 Å². The van der Waals surface area contributed by atoms with Crippen molar-refractivity contribution in [3.05, 3.63) is 64.9 Å². The monoisotopic (exact) mass is 418 g/mol. The summed E-state index contributed by atoms with van der Waals surface area (Å²) in [5, 5.41) is 16.2. The summed E-state index contributed by atoms with van der Waals surface area (Å²) in [5.41, 5.74) is 4.17. The standard InChI is InChI=1S/C21H22N8O2/c1-27(10-14-11-28(2)26-23-14)21(31)19-15-12-29(8-7-17(15)24-25-19)20(30)18-9-13-5-3-4-6-16(13)22-18/h3-6,9,11,22H,7-8,10,12H2,1-2H3,(H,24,25). The SMILES string of the molecule is CN(Cc1cn(C)nn1)C(=O)c1n[nH]c2c1CN(C(=O)c1cc3ccccc3[nH]1)CC2. The highest BCUT2D eigenvalue weighted by atomic mass is 16.2. The number of aryl methyl sites for hydroxylation is 1. The van der Waals surface area contributed by atoms with E-state index in [0.29, 0.717) is 43.1 Å². The summed E-state index contributed by atoms with van der Waals surface area (Å²) in [5.74, 6) is -0.308. The van der Waals surface area contributed by atoms with E-state index >= 15 is 0 Å². The highest BCUT2D eigenvalue weighted by molar-refractivity contribution is 5.98. The Kier molecular flexibility index (Phi) is 4.54. The zero-order valence-electron chi connectivity index (χ0n) is 17.3. The lowest BCUT2D eigenvalue weighted by Crippen LogP contribution is -2.37. The molecule has 158 valence electrons. The molecule has 0 atom stereocenters. The van der Waals surface area contributed by atoms with Gasteiger partial charge in [0.1, 0.15) is 11.4 Å². The van der Waals surface area contributed by atoms with E-state index in [9.17, 15) is 9.59 Å². The molecule has 10 heteroatoms. The number of aromatic nitrogens is 6. The van der Waals surface area contributed by atoms with Crippen LogP contribution in [0, 0.1) is 0 Å². The summed E-state index contributed by atoms with van der Waals surface area (Å²) in [7, 11) is 3.48. The van der Waals surface area contributed by atoms with Crippen LogP contribution in [0.15, 0.2) is 36.5 Å². The van der Waals surface area contributed by atoms with E-state index in [0.717, 1.165) is 22.2 Å². The normalized spacial score (nSPS) is 13.4. The first-order valence-corrected chi connectivity index (χ1v) is 10.0. The minimum atomic E-state index is -0.219. The summed E-state index contributed by atoms with van der Waals surface area (Å²) >= 11 is 0. The number of carbonyl (C=O) groups is 2. The van der Waals surface area contributed by atoms with Gasteiger partial charge >= 0.3 is 0 Å². The van der Waals surface area contributed by atoms with Gasteiger partial charge in [0.15, 0.2) is 5.69 Å². The Morgan fingerprint density at radius 3 is 2.87 bits per heavy atom. The van der Waals surface area contributed by atoms with Crippen molar-refractivity contribution in [3.63, 3.8) is 0 Å². The number of amides is 2. The number of nitrogens with one attached hydrogen (secondary N) is 2. The lowest BCUT2D eigenvalue weighted by Gasteiger charge is -2.27. The van der Waals surface area contributed by atoms with Gasteiger partial charge in [-0.1, -0.05) is 23.4 Å². The summed E-state index contributed by atoms with van der Waals surface area (Å²) in [4.78, 5) is 32.6. The van der Waals surface area contributed by atoms with Gasteiger partial charge in [0.05, 0.1) is 13.1 Å². The lowest BCUT2D eigenvalue weighted by atomic mass is 10.0. The number of rotatable bonds is 4. The maximum Gasteiger partial charge on any atom is 0.274 e. The smallest absolute Gasteiger partial charge is 0.274 e. The van der Waals surface area contributed by atoms with Gasteiger partial charge in [-0.2, -0.15) is 5.10 Å². The molecule has 4 aromatic rings. The fraction of sp³-hybridized carbons (Fsp3) is 0.286. The molecule has 1 aliphatic rings. The van der Waals surface area contributed by atoms with Crippen LogP contribution < -0.4 is 0 Å². The largest absolute Gasteiger partial charge is 0.351 e. The topological polar surface area (TPSA) is 116 Å². The third-order valence-electron chi connectivity index (χ3n) is 5.58. The van der Waals surface area contributed by atoms with Crippen molar-refractivity contribution in [2.24, 2.45) is 7.05 Å². The third-order valence-corrected chi connectivity index (χ3v) is 5.58. The van der Waals surface area contributed by atoms with Crippen LogP contribution in [0.5, 0.6) is 0 Å². The molecule has 0 fully saturated rings. The van der Waals surface area contributed by atoms with E-state index in [1.165, 1.54) is 0 Å². The van der Waals surface area contributed by atoms with E-state index in [2.05, 4.69) is 25.5 Å². The van der Waals surface area contributed by atoms with Crippen molar-refractivity contribution in [1.29, 1.82) is 0 Å². The van der Waals surface area contributed by atoms with E-state index in [1.807, 2.05) is 30.3 Å². The minimum Gasteiger partial charge on any atom is -0.351 e. The average Bonchev–Trinajstić information content (AvgIpc) is 3.49. The van der Waals surface area contributed by atoms with Gasteiger partial charge in [-0.25, -0.2) is 0 Å². The molecule has 4 heterocycles. The van der Waals surface area contributed by atoms with Crippen molar-refractivity contribution in [2.45, 2.75) is 19.5 Å². The summed E-state index contributed by atoms with van der Waals surface area (Å²) in [6, 6.07) is 9.65. The Morgan fingerprint density at radius 1 is 1.26 bits per heavy atom. The van der Waals surface area contributed by atoms with Gasteiger partial charge < -0.3 is 14.8 Å². The summed E-state index contributed by atoms with van der Waals surface area (Å²) in [6.07, 6.45) is 2.39. The van der Waals surface area contributed by atoms with Gasteiger partial charge in [-0.15, -0.1) is 5.10 Å². The predicted octanol–water partition coefficient (Wildman–Crippen LogP) is 1.49. The van der Waals surface area contributed by atoms with Gasteiger partial charge in [0.25, 0.3) is 11.8 Å². The van der Waals surface area contributed by atoms with Crippen molar-refractivity contribution in [3.8, 4) is 0 Å². The highest BCUT2D eigenvalue weighted by Crippen LogP contribution is 2.24. The lowest BCUT2D eigenvalue weighted by molar-refractivity contribution is 0.0717. The first-order chi connectivity index (χ1) is 15.0. The van der Waals surface area contributed by atoms with Crippen molar-refractivity contribution < 1.29 is 9.59 Å². The van der Waals surface area contributed by atoms with E-state index in [4.69, 9.17) is 0 Å². The first kappa shape index (κ1) is 19.0. The van der Waals surface area contributed by atoms with Crippen molar-refractivity contribution in [2.75, 3.05) is 13.6 Å². The molecule has 0 saturated heterocycles. The number of hydrogen-bond acceptors (Lipinski definition) is 5. The Bertz CT molecular complexity index is 1250. The molecule has 5 rings (SSSR count). The number of fused-ring (bicyclic) bond motifs is 2. The molecule has 1 aliphatic heterocycles. The van der Waals surface area contributed by atoms with Crippen LogP contribution in [0.1, 0.15) is 37.9 Å². The second-order valence-corrected chi connectivity index (χ2v) is 7.82. The molecule has 31 heavy (non-hydrogen) atoms.